The molecule has 11 heteroatoms. The standard InChI is InChI=1S/C18H19N5O6/c1-19-15(25)18(16(26)20(2)17(19)27)8-11-7-12(23(28)29)3-4-13(11)22-6-5-21(10-24)9-14(18)22/h3-4,7,10,14H,5-6,8-9H2,1-2H3/t14-/m1/s1. The molecule has 0 aromatic heterocycles. The number of fused-ring (bicyclic) bond motifs is 4. The number of amides is 5. The number of imide groups is 2. The van der Waals surface area contributed by atoms with Gasteiger partial charge in [-0.25, -0.2) is 4.79 Å². The van der Waals surface area contributed by atoms with Crippen molar-refractivity contribution in [3.63, 3.8) is 0 Å². The summed E-state index contributed by atoms with van der Waals surface area (Å²) in [6.45, 7) is 0.880. The van der Waals surface area contributed by atoms with Crippen molar-refractivity contribution in [1.82, 2.24) is 14.7 Å². The number of carbonyl (C=O) groups excluding carboxylic acids is 4. The molecule has 2 saturated heterocycles. The Hall–Kier alpha value is -3.50. The Morgan fingerprint density at radius 1 is 1.14 bits per heavy atom. The maximum atomic E-state index is 13.3. The van der Waals surface area contributed by atoms with Gasteiger partial charge in [0.25, 0.3) is 5.69 Å². The summed E-state index contributed by atoms with van der Waals surface area (Å²) in [5.74, 6) is -1.32. The zero-order valence-corrected chi connectivity index (χ0v) is 15.9. The molecule has 1 aromatic carbocycles. The highest BCUT2D eigenvalue weighted by molar-refractivity contribution is 6.20. The van der Waals surface area contributed by atoms with Gasteiger partial charge in [0.2, 0.25) is 18.2 Å². The molecule has 0 unspecified atom stereocenters. The van der Waals surface area contributed by atoms with Gasteiger partial charge in [-0.05, 0) is 11.6 Å². The number of nitro groups is 1. The average Bonchev–Trinajstić information content (AvgIpc) is 2.74. The van der Waals surface area contributed by atoms with Gasteiger partial charge >= 0.3 is 6.03 Å². The Morgan fingerprint density at radius 2 is 1.79 bits per heavy atom. The van der Waals surface area contributed by atoms with E-state index in [-0.39, 0.29) is 18.7 Å². The SMILES string of the molecule is CN1C(=O)N(C)C(=O)C2(Cc3cc([N+](=O)[O-])ccc3N3CCN(C=O)C[C@@H]32)C1=O. The molecule has 1 spiro atoms. The minimum atomic E-state index is -1.65. The van der Waals surface area contributed by atoms with Crippen molar-refractivity contribution in [2.24, 2.45) is 5.41 Å². The number of piperazine rings is 1. The van der Waals surface area contributed by atoms with Gasteiger partial charge in [-0.2, -0.15) is 0 Å². The van der Waals surface area contributed by atoms with Crippen LogP contribution in [0.25, 0.3) is 0 Å². The lowest BCUT2D eigenvalue weighted by Gasteiger charge is -2.55. The fourth-order valence-electron chi connectivity index (χ4n) is 4.66. The lowest BCUT2D eigenvalue weighted by Crippen LogP contribution is -2.74. The van der Waals surface area contributed by atoms with Gasteiger partial charge in [0, 0.05) is 58.0 Å². The Morgan fingerprint density at radius 3 is 2.38 bits per heavy atom. The van der Waals surface area contributed by atoms with Gasteiger partial charge < -0.3 is 9.80 Å². The first kappa shape index (κ1) is 18.8. The van der Waals surface area contributed by atoms with E-state index in [9.17, 15) is 29.3 Å². The van der Waals surface area contributed by atoms with E-state index in [4.69, 9.17) is 0 Å². The van der Waals surface area contributed by atoms with E-state index >= 15 is 0 Å². The van der Waals surface area contributed by atoms with Crippen molar-refractivity contribution in [2.75, 3.05) is 38.6 Å². The van der Waals surface area contributed by atoms with E-state index in [1.54, 1.807) is 6.07 Å². The summed E-state index contributed by atoms with van der Waals surface area (Å²) in [5.41, 5.74) is -0.605. The number of nitrogens with zero attached hydrogens (tertiary/aromatic N) is 5. The fraction of sp³-hybridized carbons (Fsp3) is 0.444. The first-order valence-electron chi connectivity index (χ1n) is 9.06. The van der Waals surface area contributed by atoms with Crippen LogP contribution in [0.4, 0.5) is 16.2 Å². The maximum Gasteiger partial charge on any atom is 0.332 e. The van der Waals surface area contributed by atoms with Crippen LogP contribution in [0.3, 0.4) is 0 Å². The highest BCUT2D eigenvalue weighted by Gasteiger charge is 2.63. The van der Waals surface area contributed by atoms with Gasteiger partial charge in [0.15, 0.2) is 5.41 Å². The Balaban J connectivity index is 1.92. The molecule has 3 aliphatic heterocycles. The van der Waals surface area contributed by atoms with E-state index in [0.717, 1.165) is 9.80 Å². The predicted molar refractivity (Wildman–Crippen MR) is 98.9 cm³/mol. The van der Waals surface area contributed by atoms with Gasteiger partial charge in [-0.3, -0.25) is 34.3 Å². The van der Waals surface area contributed by atoms with Crippen molar-refractivity contribution in [1.29, 1.82) is 0 Å². The monoisotopic (exact) mass is 401 g/mol. The Kier molecular flexibility index (Phi) is 4.07. The summed E-state index contributed by atoms with van der Waals surface area (Å²) >= 11 is 0. The van der Waals surface area contributed by atoms with Crippen LogP contribution in [0.1, 0.15) is 5.56 Å². The number of carbonyl (C=O) groups is 4. The summed E-state index contributed by atoms with van der Waals surface area (Å²) in [4.78, 5) is 66.2. The van der Waals surface area contributed by atoms with Gasteiger partial charge in [0.1, 0.15) is 0 Å². The third kappa shape index (κ3) is 2.43. The number of hydrogen-bond donors (Lipinski definition) is 0. The molecule has 5 amide bonds. The molecule has 3 aliphatic rings. The largest absolute Gasteiger partial charge is 0.363 e. The predicted octanol–water partition coefficient (Wildman–Crippen LogP) is -0.165. The lowest BCUT2D eigenvalue weighted by atomic mass is 9.67. The van der Waals surface area contributed by atoms with E-state index in [0.29, 0.717) is 30.8 Å². The van der Waals surface area contributed by atoms with Crippen LogP contribution >= 0.6 is 0 Å². The second kappa shape index (κ2) is 6.26. The van der Waals surface area contributed by atoms with Crippen molar-refractivity contribution < 1.29 is 24.1 Å². The van der Waals surface area contributed by atoms with Crippen molar-refractivity contribution in [2.45, 2.75) is 12.5 Å². The molecule has 3 heterocycles. The number of benzene rings is 1. The molecule has 0 N–H and O–H groups in total. The van der Waals surface area contributed by atoms with Crippen LogP contribution in [-0.4, -0.2) is 83.7 Å². The number of rotatable bonds is 2. The second-order valence-electron chi connectivity index (χ2n) is 7.54. The van der Waals surface area contributed by atoms with Crippen molar-refractivity contribution in [3.05, 3.63) is 33.9 Å². The summed E-state index contributed by atoms with van der Waals surface area (Å²) in [6.07, 6.45) is 0.588. The molecular formula is C18H19N5O6. The number of hydrogen-bond acceptors (Lipinski definition) is 7. The van der Waals surface area contributed by atoms with Crippen molar-refractivity contribution in [3.8, 4) is 0 Å². The molecule has 0 bridgehead atoms. The van der Waals surface area contributed by atoms with Crippen LogP contribution in [0, 0.1) is 15.5 Å². The van der Waals surface area contributed by atoms with Gasteiger partial charge in [-0.15, -0.1) is 0 Å². The van der Waals surface area contributed by atoms with Crippen LogP contribution in [0.5, 0.6) is 0 Å². The highest BCUT2D eigenvalue weighted by Crippen LogP contribution is 2.47. The highest BCUT2D eigenvalue weighted by atomic mass is 16.6. The first-order chi connectivity index (χ1) is 13.7. The zero-order chi connectivity index (χ0) is 21.1. The number of anilines is 1. The number of urea groups is 1. The summed E-state index contributed by atoms with van der Waals surface area (Å²) in [7, 11) is 2.62. The number of nitro benzene ring substituents is 1. The van der Waals surface area contributed by atoms with E-state index in [1.165, 1.54) is 31.1 Å². The van der Waals surface area contributed by atoms with Gasteiger partial charge in [-0.1, -0.05) is 0 Å². The average molecular weight is 401 g/mol. The quantitative estimate of drug-likeness (QED) is 0.292. The molecule has 4 rings (SSSR count). The minimum Gasteiger partial charge on any atom is -0.363 e. The third-order valence-corrected chi connectivity index (χ3v) is 6.13. The topological polar surface area (TPSA) is 124 Å². The Labute approximate surface area is 165 Å². The molecule has 0 aliphatic carbocycles. The lowest BCUT2D eigenvalue weighted by molar-refractivity contribution is -0.384. The van der Waals surface area contributed by atoms with E-state index < -0.39 is 34.2 Å². The summed E-state index contributed by atoms with van der Waals surface area (Å²) in [5, 5.41) is 11.2. The molecular weight excluding hydrogens is 382 g/mol. The number of barbiturate groups is 1. The zero-order valence-electron chi connectivity index (χ0n) is 15.9. The van der Waals surface area contributed by atoms with E-state index in [1.807, 2.05) is 4.90 Å². The maximum absolute atomic E-state index is 13.3. The van der Waals surface area contributed by atoms with E-state index in [2.05, 4.69) is 0 Å². The minimum absolute atomic E-state index is 0.0858. The fourth-order valence-corrected chi connectivity index (χ4v) is 4.66. The van der Waals surface area contributed by atoms with Crippen LogP contribution in [0.2, 0.25) is 0 Å². The smallest absolute Gasteiger partial charge is 0.332 e. The van der Waals surface area contributed by atoms with Crippen LogP contribution < -0.4 is 4.90 Å². The van der Waals surface area contributed by atoms with Gasteiger partial charge in [0.05, 0.1) is 11.0 Å². The summed E-state index contributed by atoms with van der Waals surface area (Å²) < 4.78 is 0. The van der Waals surface area contributed by atoms with Crippen LogP contribution in [0.15, 0.2) is 18.2 Å². The van der Waals surface area contributed by atoms with Crippen molar-refractivity contribution >= 4 is 35.6 Å². The third-order valence-electron chi connectivity index (χ3n) is 6.13. The first-order valence-corrected chi connectivity index (χ1v) is 9.06. The molecule has 152 valence electrons. The molecule has 11 nitrogen and oxygen atoms in total. The molecule has 0 saturated carbocycles. The molecule has 2 fully saturated rings. The Bertz CT molecular complexity index is 938. The molecule has 1 atom stereocenters. The number of non-ortho nitro benzene ring substituents is 1. The molecule has 1 aromatic rings. The second-order valence-corrected chi connectivity index (χ2v) is 7.54. The summed E-state index contributed by atoms with van der Waals surface area (Å²) in [6, 6.07) is 2.95. The van der Waals surface area contributed by atoms with Crippen LogP contribution in [-0.2, 0) is 20.8 Å². The molecule has 29 heavy (non-hydrogen) atoms. The normalized spacial score (nSPS) is 23.2. The molecule has 0 radical (unpaired) electrons.